The number of ketones is 1. The van der Waals surface area contributed by atoms with E-state index in [0.29, 0.717) is 51.5 Å². The van der Waals surface area contributed by atoms with Gasteiger partial charge < -0.3 is 14.6 Å². The zero-order valence-electron chi connectivity index (χ0n) is 26.3. The van der Waals surface area contributed by atoms with E-state index in [2.05, 4.69) is 10.2 Å². The normalized spacial score (nSPS) is 15.6. The smallest absolute Gasteiger partial charge is 0.301 e. The van der Waals surface area contributed by atoms with Crippen LogP contribution in [-0.2, 0) is 21.9 Å². The van der Waals surface area contributed by atoms with Gasteiger partial charge in [-0.05, 0) is 78.1 Å². The lowest BCUT2D eigenvalue weighted by molar-refractivity contribution is -0.132. The number of amides is 1. The summed E-state index contributed by atoms with van der Waals surface area (Å²) >= 11 is 2.39. The Hall–Kier alpha value is -5.00. The molecule has 244 valence electrons. The molecule has 1 aliphatic rings. The maximum atomic E-state index is 14.2. The molecule has 1 amide bonds. The molecule has 0 aliphatic carbocycles. The Bertz CT molecular complexity index is 1960. The van der Waals surface area contributed by atoms with Crippen LogP contribution in [0.1, 0.15) is 47.2 Å². The van der Waals surface area contributed by atoms with Gasteiger partial charge in [-0.3, -0.25) is 14.5 Å². The number of aromatic nitrogens is 2. The summed E-state index contributed by atoms with van der Waals surface area (Å²) in [5, 5.41) is 20.2. The first kappa shape index (κ1) is 32.9. The van der Waals surface area contributed by atoms with Crippen molar-refractivity contribution in [3.05, 3.63) is 136 Å². The van der Waals surface area contributed by atoms with Crippen LogP contribution in [0.3, 0.4) is 0 Å². The van der Waals surface area contributed by atoms with Gasteiger partial charge in [0.05, 0.1) is 18.2 Å². The van der Waals surface area contributed by atoms with Crippen LogP contribution in [-0.4, -0.2) is 33.6 Å². The second-order valence-corrected chi connectivity index (χ2v) is 13.2. The number of nitrogens with zero attached hydrogens (tertiary/aromatic N) is 3. The van der Waals surface area contributed by atoms with Gasteiger partial charge in [0.25, 0.3) is 5.78 Å². The molecule has 1 N–H and O–H groups in total. The van der Waals surface area contributed by atoms with Crippen molar-refractivity contribution in [2.24, 2.45) is 0 Å². The highest BCUT2D eigenvalue weighted by Crippen LogP contribution is 2.44. The number of Topliss-reactive ketones (excluding diaryl/α,β-unsaturated/α-hetero) is 1. The molecular weight excluding hydrogens is 650 g/mol. The highest BCUT2D eigenvalue weighted by Gasteiger charge is 2.48. The number of rotatable bonds is 12. The fraction of sp³-hybridized carbons (Fsp3) is 0.189. The van der Waals surface area contributed by atoms with Crippen molar-refractivity contribution >= 4 is 45.7 Å². The van der Waals surface area contributed by atoms with Crippen molar-refractivity contribution in [2.75, 3.05) is 11.5 Å². The molecule has 0 spiro atoms. The van der Waals surface area contributed by atoms with E-state index in [1.165, 1.54) is 22.7 Å². The molecule has 1 fully saturated rings. The van der Waals surface area contributed by atoms with Crippen LogP contribution in [0.4, 0.5) is 9.52 Å². The monoisotopic (exact) mass is 681 g/mol. The minimum absolute atomic E-state index is 0.0773. The second kappa shape index (κ2) is 14.8. The molecule has 1 unspecified atom stereocenters. The van der Waals surface area contributed by atoms with E-state index in [4.69, 9.17) is 9.47 Å². The molecule has 5 aromatic rings. The van der Waals surface area contributed by atoms with Crippen molar-refractivity contribution in [3.63, 3.8) is 0 Å². The summed E-state index contributed by atoms with van der Waals surface area (Å²) in [6.07, 6.45) is 0.839. The molecule has 1 atom stereocenters. The first-order valence-electron chi connectivity index (χ1n) is 15.3. The molecule has 1 saturated heterocycles. The third-order valence-electron chi connectivity index (χ3n) is 7.81. The Balaban J connectivity index is 1.31. The number of hydrogen-bond donors (Lipinski definition) is 1. The molecule has 2 heterocycles. The predicted molar refractivity (Wildman–Crippen MR) is 185 cm³/mol. The molecule has 4 aromatic carbocycles. The van der Waals surface area contributed by atoms with E-state index >= 15 is 0 Å². The number of thioether (sulfide) groups is 1. The van der Waals surface area contributed by atoms with Gasteiger partial charge in [0.2, 0.25) is 5.13 Å². The maximum Gasteiger partial charge on any atom is 0.301 e. The molecular formula is C37H32FN3O5S2. The number of aliphatic hydroxyl groups excluding tert-OH is 1. The van der Waals surface area contributed by atoms with Gasteiger partial charge in [-0.1, -0.05) is 84.6 Å². The zero-order valence-corrected chi connectivity index (χ0v) is 27.9. The highest BCUT2D eigenvalue weighted by molar-refractivity contribution is 8.00. The SMILES string of the molecule is CCCOc1ccc(C2C(=C(O)c3ccc(OCc4ccccc4C)cc3)C(=O)C(=O)N2c2nnc(SCc3ccccc3F)s2)cc1. The Morgan fingerprint density at radius 2 is 1.56 bits per heavy atom. The quantitative estimate of drug-likeness (QED) is 0.0462. The van der Waals surface area contributed by atoms with Gasteiger partial charge >= 0.3 is 5.91 Å². The van der Waals surface area contributed by atoms with E-state index in [9.17, 15) is 19.1 Å². The summed E-state index contributed by atoms with van der Waals surface area (Å²) in [4.78, 5) is 28.6. The van der Waals surface area contributed by atoms with Gasteiger partial charge in [0.15, 0.2) is 4.34 Å². The van der Waals surface area contributed by atoms with Gasteiger partial charge in [-0.2, -0.15) is 0 Å². The molecule has 0 bridgehead atoms. The van der Waals surface area contributed by atoms with Crippen LogP contribution in [0.2, 0.25) is 0 Å². The number of aryl methyl sites for hydroxylation is 1. The molecule has 11 heteroatoms. The fourth-order valence-corrected chi connectivity index (χ4v) is 7.08. The lowest BCUT2D eigenvalue weighted by Gasteiger charge is -2.22. The Morgan fingerprint density at radius 1 is 0.896 bits per heavy atom. The number of halogens is 1. The Labute approximate surface area is 285 Å². The number of carbonyl (C=O) groups excluding carboxylic acids is 2. The lowest BCUT2D eigenvalue weighted by Crippen LogP contribution is -2.29. The van der Waals surface area contributed by atoms with Gasteiger partial charge in [0.1, 0.15) is 29.7 Å². The number of ether oxygens (including phenoxy) is 2. The Kier molecular flexibility index (Phi) is 10.2. The number of aliphatic hydroxyl groups is 1. The lowest BCUT2D eigenvalue weighted by atomic mass is 9.95. The van der Waals surface area contributed by atoms with Crippen molar-refractivity contribution in [3.8, 4) is 11.5 Å². The first-order valence-corrected chi connectivity index (χ1v) is 17.2. The Morgan fingerprint density at radius 3 is 2.27 bits per heavy atom. The van der Waals surface area contributed by atoms with Crippen LogP contribution >= 0.6 is 23.1 Å². The summed E-state index contributed by atoms with van der Waals surface area (Å²) < 4.78 is 26.4. The summed E-state index contributed by atoms with van der Waals surface area (Å²) in [6, 6.07) is 27.2. The second-order valence-electron chi connectivity index (χ2n) is 11.1. The largest absolute Gasteiger partial charge is 0.507 e. The van der Waals surface area contributed by atoms with Crippen LogP contribution in [0.5, 0.6) is 11.5 Å². The third kappa shape index (κ3) is 7.12. The van der Waals surface area contributed by atoms with Crippen LogP contribution in [0.25, 0.3) is 5.76 Å². The minimum Gasteiger partial charge on any atom is -0.507 e. The van der Waals surface area contributed by atoms with E-state index in [1.807, 2.05) is 38.1 Å². The number of benzene rings is 4. The summed E-state index contributed by atoms with van der Waals surface area (Å²) in [6.45, 7) is 4.95. The van der Waals surface area contributed by atoms with E-state index in [1.54, 1.807) is 66.7 Å². The van der Waals surface area contributed by atoms with E-state index in [-0.39, 0.29) is 22.3 Å². The van der Waals surface area contributed by atoms with Crippen LogP contribution in [0, 0.1) is 12.7 Å². The van der Waals surface area contributed by atoms with Crippen molar-refractivity contribution in [1.29, 1.82) is 0 Å². The maximum absolute atomic E-state index is 14.2. The molecule has 8 nitrogen and oxygen atoms in total. The number of carbonyl (C=O) groups is 2. The average molecular weight is 682 g/mol. The number of anilines is 1. The fourth-order valence-electron chi connectivity index (χ4n) is 5.22. The molecule has 0 radical (unpaired) electrons. The standard InChI is InChI=1S/C37H32FN3O5S2/c1-3-20-45-28-16-12-24(13-17-28)32-31(33(42)25-14-18-29(19-15-25)46-21-26-9-5-4-8-23(26)2)34(43)35(44)41(32)36-39-40-37(48-36)47-22-27-10-6-7-11-30(27)38/h4-19,32,42H,3,20-22H2,1-2H3. The van der Waals surface area contributed by atoms with Gasteiger partial charge in [-0.25, -0.2) is 4.39 Å². The predicted octanol–water partition coefficient (Wildman–Crippen LogP) is 8.27. The number of hydrogen-bond acceptors (Lipinski definition) is 9. The molecule has 48 heavy (non-hydrogen) atoms. The van der Waals surface area contributed by atoms with E-state index in [0.717, 1.165) is 28.9 Å². The summed E-state index contributed by atoms with van der Waals surface area (Å²) in [5.74, 6) is -0.792. The molecule has 6 rings (SSSR count). The van der Waals surface area contributed by atoms with Gasteiger partial charge in [-0.15, -0.1) is 10.2 Å². The van der Waals surface area contributed by atoms with E-state index < -0.39 is 17.7 Å². The highest BCUT2D eigenvalue weighted by atomic mass is 32.2. The topological polar surface area (TPSA) is 102 Å². The zero-order chi connectivity index (χ0) is 33.6. The van der Waals surface area contributed by atoms with Crippen LogP contribution < -0.4 is 14.4 Å². The van der Waals surface area contributed by atoms with Crippen molar-refractivity contribution in [1.82, 2.24) is 10.2 Å². The molecule has 1 aliphatic heterocycles. The minimum atomic E-state index is -0.987. The summed E-state index contributed by atoms with van der Waals surface area (Å²) in [7, 11) is 0. The first-order chi connectivity index (χ1) is 23.3. The summed E-state index contributed by atoms with van der Waals surface area (Å²) in [5.41, 5.74) is 3.54. The van der Waals surface area contributed by atoms with Crippen molar-refractivity contribution in [2.45, 2.75) is 43.0 Å². The molecule has 1 aromatic heterocycles. The third-order valence-corrected chi connectivity index (χ3v) is 9.91. The van der Waals surface area contributed by atoms with Crippen LogP contribution in [0.15, 0.2) is 107 Å². The average Bonchev–Trinajstić information content (AvgIpc) is 3.68. The van der Waals surface area contributed by atoms with Gasteiger partial charge in [0, 0.05) is 11.3 Å². The molecule has 0 saturated carbocycles. The van der Waals surface area contributed by atoms with Crippen molar-refractivity contribution < 1.29 is 28.6 Å².